The molecule has 1 aromatic carbocycles. The fraction of sp³-hybridized carbons (Fsp3) is 0.571. The van der Waals surface area contributed by atoms with E-state index in [-0.39, 0.29) is 10.4 Å². The summed E-state index contributed by atoms with van der Waals surface area (Å²) in [4.78, 5) is 0. The average Bonchev–Trinajstić information content (AvgIpc) is 2.31. The monoisotopic (exact) mass is 273 g/mol. The van der Waals surface area contributed by atoms with Gasteiger partial charge in [-0.1, -0.05) is 32.4 Å². The molecule has 0 spiro atoms. The van der Waals surface area contributed by atoms with Crippen molar-refractivity contribution in [3.8, 4) is 5.75 Å². The van der Waals surface area contributed by atoms with Gasteiger partial charge in [-0.15, -0.1) is 0 Å². The van der Waals surface area contributed by atoms with E-state index in [2.05, 4.69) is 26.1 Å². The number of rotatable bonds is 7. The fourth-order valence-electron chi connectivity index (χ4n) is 1.50. The molecule has 0 fully saturated rings. The van der Waals surface area contributed by atoms with Gasteiger partial charge in [0.05, 0.1) is 11.6 Å². The summed E-state index contributed by atoms with van der Waals surface area (Å²) in [6, 6.07) is 4.51. The third kappa shape index (κ3) is 5.23. The molecule has 0 bridgehead atoms. The zero-order valence-electron chi connectivity index (χ0n) is 11.2. The smallest absolute Gasteiger partial charge is 0.145 e. The first-order valence-corrected chi connectivity index (χ1v) is 6.61. The largest absolute Gasteiger partial charge is 0.493 e. The Morgan fingerprint density at radius 3 is 2.72 bits per heavy atom. The van der Waals surface area contributed by atoms with E-state index in [9.17, 15) is 4.39 Å². The lowest BCUT2D eigenvalue weighted by molar-refractivity contribution is 0.176. The Balaban J connectivity index is 2.45. The van der Waals surface area contributed by atoms with Crippen LogP contribution in [0.5, 0.6) is 5.75 Å². The van der Waals surface area contributed by atoms with Crippen molar-refractivity contribution in [2.75, 3.05) is 19.7 Å². The van der Waals surface area contributed by atoms with Crippen molar-refractivity contribution in [3.63, 3.8) is 0 Å². The van der Waals surface area contributed by atoms with E-state index >= 15 is 0 Å². The highest BCUT2D eigenvalue weighted by Crippen LogP contribution is 2.22. The molecule has 0 aliphatic heterocycles. The topological polar surface area (TPSA) is 21.3 Å². The first-order valence-electron chi connectivity index (χ1n) is 6.23. The predicted octanol–water partition coefficient (Wildman–Crippen LogP) is 3.88. The Labute approximate surface area is 113 Å². The lowest BCUT2D eigenvalue weighted by Gasteiger charge is -2.25. The van der Waals surface area contributed by atoms with Crippen LogP contribution in [0.15, 0.2) is 18.2 Å². The number of ether oxygens (including phenoxy) is 1. The zero-order chi connectivity index (χ0) is 13.6. The van der Waals surface area contributed by atoms with Crippen LogP contribution in [0.3, 0.4) is 0 Å². The molecule has 0 aliphatic rings. The van der Waals surface area contributed by atoms with E-state index in [0.29, 0.717) is 12.4 Å². The molecule has 0 unspecified atom stereocenters. The highest BCUT2D eigenvalue weighted by molar-refractivity contribution is 6.30. The number of benzene rings is 1. The summed E-state index contributed by atoms with van der Waals surface area (Å²) in [6.45, 7) is 8.76. The Hall–Kier alpha value is -0.800. The van der Waals surface area contributed by atoms with Crippen LogP contribution in [-0.4, -0.2) is 19.7 Å². The highest BCUT2D eigenvalue weighted by Gasteiger charge is 2.18. The summed E-state index contributed by atoms with van der Waals surface area (Å²) in [5.74, 6) is 0.0662. The van der Waals surface area contributed by atoms with Crippen LogP contribution in [0.25, 0.3) is 0 Å². The molecule has 0 atom stereocenters. The Morgan fingerprint density at radius 2 is 2.11 bits per heavy atom. The summed E-state index contributed by atoms with van der Waals surface area (Å²) in [6.07, 6.45) is 1.11. The van der Waals surface area contributed by atoms with E-state index in [0.717, 1.165) is 19.5 Å². The van der Waals surface area contributed by atoms with Crippen molar-refractivity contribution in [2.24, 2.45) is 5.41 Å². The van der Waals surface area contributed by atoms with E-state index < -0.39 is 5.82 Å². The number of nitrogens with one attached hydrogen (secondary N) is 1. The predicted molar refractivity (Wildman–Crippen MR) is 73.8 cm³/mol. The van der Waals surface area contributed by atoms with Crippen LogP contribution >= 0.6 is 11.6 Å². The molecule has 0 heterocycles. The van der Waals surface area contributed by atoms with Crippen molar-refractivity contribution < 1.29 is 9.13 Å². The third-order valence-electron chi connectivity index (χ3n) is 2.55. The lowest BCUT2D eigenvalue weighted by atomic mass is 9.95. The van der Waals surface area contributed by atoms with Crippen LogP contribution in [0.4, 0.5) is 4.39 Å². The molecule has 0 aliphatic carbocycles. The molecule has 2 nitrogen and oxygen atoms in total. The summed E-state index contributed by atoms with van der Waals surface area (Å²) < 4.78 is 18.8. The van der Waals surface area contributed by atoms with Gasteiger partial charge in [-0.2, -0.15) is 0 Å². The normalized spacial score (nSPS) is 11.6. The van der Waals surface area contributed by atoms with Gasteiger partial charge in [0.2, 0.25) is 0 Å². The van der Waals surface area contributed by atoms with Crippen molar-refractivity contribution >= 4 is 11.6 Å². The minimum absolute atomic E-state index is 0.00524. The molecule has 1 N–H and O–H groups in total. The van der Waals surface area contributed by atoms with E-state index in [1.54, 1.807) is 6.07 Å². The quantitative estimate of drug-likeness (QED) is 0.761. The Bertz CT molecular complexity index is 382. The second kappa shape index (κ2) is 6.95. The molecule has 1 rings (SSSR count). The molecule has 18 heavy (non-hydrogen) atoms. The summed E-state index contributed by atoms with van der Waals surface area (Å²) in [5.41, 5.74) is 0.00524. The van der Waals surface area contributed by atoms with Crippen LogP contribution in [-0.2, 0) is 0 Å². The summed E-state index contributed by atoms with van der Waals surface area (Å²) in [5, 5.41) is 3.47. The SMILES string of the molecule is CCCNCC(C)(C)COc1ccc(Cl)c(F)c1. The van der Waals surface area contributed by atoms with Crippen molar-refractivity contribution in [2.45, 2.75) is 27.2 Å². The summed E-state index contributed by atoms with van der Waals surface area (Å²) >= 11 is 5.61. The first-order chi connectivity index (χ1) is 8.44. The average molecular weight is 274 g/mol. The molecule has 0 saturated heterocycles. The summed E-state index contributed by atoms with van der Waals surface area (Å²) in [7, 11) is 0. The van der Waals surface area contributed by atoms with Crippen LogP contribution in [0.1, 0.15) is 27.2 Å². The van der Waals surface area contributed by atoms with Crippen molar-refractivity contribution in [3.05, 3.63) is 29.0 Å². The molecule has 1 aromatic rings. The number of halogens is 2. The van der Waals surface area contributed by atoms with Gasteiger partial charge in [-0.05, 0) is 25.1 Å². The maximum Gasteiger partial charge on any atom is 0.145 e. The maximum absolute atomic E-state index is 13.2. The minimum Gasteiger partial charge on any atom is -0.493 e. The standard InChI is InChI=1S/C14H21ClFNO/c1-4-7-17-9-14(2,3)10-18-11-5-6-12(15)13(16)8-11/h5-6,8,17H,4,7,9-10H2,1-3H3. The van der Waals surface area contributed by atoms with E-state index in [4.69, 9.17) is 16.3 Å². The van der Waals surface area contributed by atoms with Crippen LogP contribution in [0, 0.1) is 11.2 Å². The van der Waals surface area contributed by atoms with Crippen LogP contribution in [0.2, 0.25) is 5.02 Å². The third-order valence-corrected chi connectivity index (χ3v) is 2.86. The Kier molecular flexibility index (Phi) is 5.89. The van der Waals surface area contributed by atoms with E-state index in [1.165, 1.54) is 12.1 Å². The van der Waals surface area contributed by atoms with Crippen LogP contribution < -0.4 is 10.1 Å². The molecule has 0 aromatic heterocycles. The van der Waals surface area contributed by atoms with Gasteiger partial charge in [0, 0.05) is 18.0 Å². The van der Waals surface area contributed by atoms with Gasteiger partial charge in [0.15, 0.2) is 0 Å². The lowest BCUT2D eigenvalue weighted by Crippen LogP contribution is -2.34. The molecule has 0 radical (unpaired) electrons. The molecule has 102 valence electrons. The molecule has 0 amide bonds. The maximum atomic E-state index is 13.2. The second-order valence-electron chi connectivity index (χ2n) is 5.21. The Morgan fingerprint density at radius 1 is 1.39 bits per heavy atom. The minimum atomic E-state index is -0.448. The number of hydrogen-bond acceptors (Lipinski definition) is 2. The molecule has 4 heteroatoms. The van der Waals surface area contributed by atoms with Gasteiger partial charge in [0.25, 0.3) is 0 Å². The van der Waals surface area contributed by atoms with Crippen molar-refractivity contribution in [1.29, 1.82) is 0 Å². The number of hydrogen-bond donors (Lipinski definition) is 1. The molecular formula is C14H21ClFNO. The van der Waals surface area contributed by atoms with Gasteiger partial charge < -0.3 is 10.1 Å². The van der Waals surface area contributed by atoms with E-state index in [1.807, 2.05) is 0 Å². The van der Waals surface area contributed by atoms with Gasteiger partial charge in [0.1, 0.15) is 11.6 Å². The first kappa shape index (κ1) is 15.3. The van der Waals surface area contributed by atoms with Gasteiger partial charge in [-0.3, -0.25) is 0 Å². The zero-order valence-corrected chi connectivity index (χ0v) is 12.0. The van der Waals surface area contributed by atoms with Gasteiger partial charge >= 0.3 is 0 Å². The fourth-order valence-corrected chi connectivity index (χ4v) is 1.62. The molecule has 0 saturated carbocycles. The van der Waals surface area contributed by atoms with Crippen molar-refractivity contribution in [1.82, 2.24) is 5.32 Å². The highest BCUT2D eigenvalue weighted by atomic mass is 35.5. The second-order valence-corrected chi connectivity index (χ2v) is 5.61. The molecular weight excluding hydrogens is 253 g/mol. The van der Waals surface area contributed by atoms with Gasteiger partial charge in [-0.25, -0.2) is 4.39 Å².